The second-order valence-corrected chi connectivity index (χ2v) is 7.48. The predicted molar refractivity (Wildman–Crippen MR) is 77.4 cm³/mol. The third-order valence-corrected chi connectivity index (χ3v) is 5.22. The lowest BCUT2D eigenvalue weighted by molar-refractivity contribution is 0.0469. The number of aliphatic hydroxyl groups excluding tert-OH is 1. The van der Waals surface area contributed by atoms with Crippen LogP contribution in [0.15, 0.2) is 29.2 Å². The normalized spacial score (nSPS) is 12.2. The number of amides is 1. The van der Waals surface area contributed by atoms with E-state index in [4.69, 9.17) is 0 Å². The summed E-state index contributed by atoms with van der Waals surface area (Å²) in [5.74, 6) is -0.485. The van der Waals surface area contributed by atoms with Crippen LogP contribution in [0.4, 0.5) is 0 Å². The van der Waals surface area contributed by atoms with Crippen LogP contribution in [0, 0.1) is 0 Å². The Morgan fingerprint density at radius 1 is 1.30 bits per heavy atom. The molecule has 0 aliphatic heterocycles. The molecule has 1 amide bonds. The van der Waals surface area contributed by atoms with Crippen molar-refractivity contribution in [3.63, 3.8) is 0 Å². The van der Waals surface area contributed by atoms with Crippen LogP contribution in [0.3, 0.4) is 0 Å². The first-order valence-electron chi connectivity index (χ1n) is 6.38. The van der Waals surface area contributed by atoms with E-state index >= 15 is 0 Å². The fourth-order valence-corrected chi connectivity index (χ4v) is 2.72. The fraction of sp³-hybridized carbons (Fsp3) is 0.500. The summed E-state index contributed by atoms with van der Waals surface area (Å²) < 4.78 is 24.1. The monoisotopic (exact) mass is 299 g/mol. The first-order valence-corrected chi connectivity index (χ1v) is 8.03. The van der Waals surface area contributed by atoms with E-state index in [2.05, 4.69) is 0 Å². The molecule has 0 saturated carbocycles. The van der Waals surface area contributed by atoms with E-state index in [1.807, 2.05) is 0 Å². The van der Waals surface area contributed by atoms with Gasteiger partial charge in [-0.15, -0.1) is 0 Å². The molecule has 0 heterocycles. The zero-order chi connectivity index (χ0) is 15.6. The van der Waals surface area contributed by atoms with Gasteiger partial charge in [0.1, 0.15) is 0 Å². The standard InChI is InChI=1S/C14H21NO4S/c1-5-20(18,19)12-9-7-6-8-11(12)13(17)15(4)14(2,3)10-16/h6-9,16H,5,10H2,1-4H3. The van der Waals surface area contributed by atoms with Crippen LogP contribution in [-0.4, -0.2) is 49.3 Å². The Bertz CT molecular complexity index is 593. The number of benzene rings is 1. The van der Waals surface area contributed by atoms with Gasteiger partial charge in [-0.3, -0.25) is 4.79 Å². The van der Waals surface area contributed by atoms with Crippen LogP contribution in [0.25, 0.3) is 0 Å². The Morgan fingerprint density at radius 2 is 1.85 bits per heavy atom. The third kappa shape index (κ3) is 3.19. The zero-order valence-electron chi connectivity index (χ0n) is 12.3. The van der Waals surface area contributed by atoms with E-state index in [1.165, 1.54) is 24.0 Å². The second kappa shape index (κ2) is 5.93. The summed E-state index contributed by atoms with van der Waals surface area (Å²) >= 11 is 0. The van der Waals surface area contributed by atoms with E-state index in [0.717, 1.165) is 0 Å². The highest BCUT2D eigenvalue weighted by molar-refractivity contribution is 7.91. The summed E-state index contributed by atoms with van der Waals surface area (Å²) in [5.41, 5.74) is -0.626. The first-order chi connectivity index (χ1) is 9.17. The molecule has 0 aliphatic rings. The lowest BCUT2D eigenvalue weighted by atomic mass is 10.0. The molecule has 1 N–H and O–H groups in total. The number of likely N-dealkylation sites (N-methyl/N-ethyl adjacent to an activating group) is 1. The van der Waals surface area contributed by atoms with Crippen molar-refractivity contribution >= 4 is 15.7 Å². The SMILES string of the molecule is CCS(=O)(=O)c1ccccc1C(=O)N(C)C(C)(C)CO. The van der Waals surface area contributed by atoms with Crippen molar-refractivity contribution in [2.45, 2.75) is 31.2 Å². The van der Waals surface area contributed by atoms with E-state index in [-0.39, 0.29) is 22.8 Å². The topological polar surface area (TPSA) is 74.7 Å². The van der Waals surface area contributed by atoms with Gasteiger partial charge >= 0.3 is 0 Å². The maximum Gasteiger partial charge on any atom is 0.255 e. The molecule has 112 valence electrons. The Kier molecular flexibility index (Phi) is 4.94. The molecule has 0 radical (unpaired) electrons. The molecule has 0 fully saturated rings. The van der Waals surface area contributed by atoms with Crippen molar-refractivity contribution in [2.75, 3.05) is 19.4 Å². The summed E-state index contributed by atoms with van der Waals surface area (Å²) in [7, 11) is -1.92. The van der Waals surface area contributed by atoms with Crippen molar-refractivity contribution in [3.05, 3.63) is 29.8 Å². The molecule has 6 heteroatoms. The van der Waals surface area contributed by atoms with E-state index in [0.29, 0.717) is 0 Å². The van der Waals surface area contributed by atoms with Gasteiger partial charge in [0.05, 0.1) is 28.4 Å². The summed E-state index contributed by atoms with van der Waals surface area (Å²) in [5, 5.41) is 9.32. The summed E-state index contributed by atoms with van der Waals surface area (Å²) in [6, 6.07) is 6.15. The van der Waals surface area contributed by atoms with Crippen LogP contribution >= 0.6 is 0 Å². The van der Waals surface area contributed by atoms with Gasteiger partial charge in [0.25, 0.3) is 5.91 Å². The van der Waals surface area contributed by atoms with Crippen LogP contribution in [0.5, 0.6) is 0 Å². The van der Waals surface area contributed by atoms with Crippen molar-refractivity contribution in [2.24, 2.45) is 0 Å². The van der Waals surface area contributed by atoms with Crippen molar-refractivity contribution in [1.82, 2.24) is 4.90 Å². The van der Waals surface area contributed by atoms with E-state index in [1.54, 1.807) is 33.0 Å². The maximum atomic E-state index is 12.5. The molecule has 0 aliphatic carbocycles. The highest BCUT2D eigenvalue weighted by Crippen LogP contribution is 2.21. The predicted octanol–water partition coefficient (Wildman–Crippen LogP) is 1.32. The van der Waals surface area contributed by atoms with Crippen LogP contribution in [0.2, 0.25) is 0 Å². The van der Waals surface area contributed by atoms with Gasteiger partial charge < -0.3 is 10.0 Å². The number of aliphatic hydroxyl groups is 1. The summed E-state index contributed by atoms with van der Waals surface area (Å²) in [6.07, 6.45) is 0. The minimum absolute atomic E-state index is 0.0353. The highest BCUT2D eigenvalue weighted by Gasteiger charge is 2.30. The molecule has 0 aromatic heterocycles. The second-order valence-electron chi connectivity index (χ2n) is 5.23. The molecular weight excluding hydrogens is 278 g/mol. The van der Waals surface area contributed by atoms with Crippen LogP contribution in [-0.2, 0) is 9.84 Å². The first kappa shape index (κ1) is 16.7. The molecule has 0 spiro atoms. The minimum Gasteiger partial charge on any atom is -0.394 e. The van der Waals surface area contributed by atoms with Crippen molar-refractivity contribution < 1.29 is 18.3 Å². The lowest BCUT2D eigenvalue weighted by Crippen LogP contribution is -2.47. The Hall–Kier alpha value is -1.40. The van der Waals surface area contributed by atoms with Gasteiger partial charge in [-0.05, 0) is 26.0 Å². The zero-order valence-corrected chi connectivity index (χ0v) is 13.1. The van der Waals surface area contributed by atoms with E-state index in [9.17, 15) is 18.3 Å². The largest absolute Gasteiger partial charge is 0.394 e. The van der Waals surface area contributed by atoms with Crippen molar-refractivity contribution in [1.29, 1.82) is 0 Å². The molecule has 1 aromatic rings. The van der Waals surface area contributed by atoms with Gasteiger partial charge in [-0.25, -0.2) is 8.42 Å². The van der Waals surface area contributed by atoms with Gasteiger partial charge in [0.2, 0.25) is 0 Å². The molecular formula is C14H21NO4S. The third-order valence-electron chi connectivity index (χ3n) is 3.43. The van der Waals surface area contributed by atoms with Gasteiger partial charge in [0, 0.05) is 7.05 Å². The van der Waals surface area contributed by atoms with Crippen LogP contribution < -0.4 is 0 Å². The number of carbonyl (C=O) groups excluding carboxylic acids is 1. The molecule has 5 nitrogen and oxygen atoms in total. The van der Waals surface area contributed by atoms with E-state index < -0.39 is 21.3 Å². The molecule has 0 bridgehead atoms. The Morgan fingerprint density at radius 3 is 2.35 bits per heavy atom. The Balaban J connectivity index is 3.32. The quantitative estimate of drug-likeness (QED) is 0.890. The average Bonchev–Trinajstić information content (AvgIpc) is 2.45. The molecule has 0 atom stereocenters. The molecule has 0 saturated heterocycles. The maximum absolute atomic E-state index is 12.5. The van der Waals surface area contributed by atoms with Gasteiger partial charge in [-0.2, -0.15) is 0 Å². The summed E-state index contributed by atoms with van der Waals surface area (Å²) in [6.45, 7) is 4.75. The Labute approximate surface area is 120 Å². The molecule has 0 unspecified atom stereocenters. The number of carbonyl (C=O) groups is 1. The lowest BCUT2D eigenvalue weighted by Gasteiger charge is -2.34. The number of sulfone groups is 1. The van der Waals surface area contributed by atoms with Gasteiger partial charge in [-0.1, -0.05) is 19.1 Å². The number of hydrogen-bond acceptors (Lipinski definition) is 4. The number of hydrogen-bond donors (Lipinski definition) is 1. The molecule has 1 aromatic carbocycles. The average molecular weight is 299 g/mol. The van der Waals surface area contributed by atoms with Crippen LogP contribution in [0.1, 0.15) is 31.1 Å². The van der Waals surface area contributed by atoms with Crippen molar-refractivity contribution in [3.8, 4) is 0 Å². The fourth-order valence-electron chi connectivity index (χ4n) is 1.63. The highest BCUT2D eigenvalue weighted by atomic mass is 32.2. The minimum atomic E-state index is -3.47. The molecule has 20 heavy (non-hydrogen) atoms. The number of rotatable bonds is 5. The number of nitrogens with zero attached hydrogens (tertiary/aromatic N) is 1. The summed E-state index contributed by atoms with van der Waals surface area (Å²) in [4.78, 5) is 13.9. The smallest absolute Gasteiger partial charge is 0.255 e. The van der Waals surface area contributed by atoms with Gasteiger partial charge in [0.15, 0.2) is 9.84 Å². The molecule has 1 rings (SSSR count).